The van der Waals surface area contributed by atoms with Gasteiger partial charge in [0.2, 0.25) is 5.91 Å². The van der Waals surface area contributed by atoms with Crippen LogP contribution < -0.4 is 10.1 Å². The van der Waals surface area contributed by atoms with Gasteiger partial charge in [0, 0.05) is 5.69 Å². The number of carbonyl (C=O) groups is 1. The van der Waals surface area contributed by atoms with Gasteiger partial charge in [-0.15, -0.1) is 0 Å². The summed E-state index contributed by atoms with van der Waals surface area (Å²) >= 11 is 0. The summed E-state index contributed by atoms with van der Waals surface area (Å²) in [4.78, 5) is 13.3. The van der Waals surface area contributed by atoms with Crippen molar-refractivity contribution in [2.45, 2.75) is 64.2 Å². The summed E-state index contributed by atoms with van der Waals surface area (Å²) in [5, 5.41) is 3.17. The highest BCUT2D eigenvalue weighted by Crippen LogP contribution is 2.40. The average molecular weight is 366 g/mol. The molecule has 0 radical (unpaired) electrons. The standard InChI is InChI=1S/C24H31NO2/c1-3-4-18-27-22-14-12-21(13-15-22)25-23(26)24(16-6-5-7-17-24)20-10-8-19(2)9-11-20/h8-15H,3-7,16-18H2,1-2H3,(H,25,26). The number of unbranched alkanes of at least 4 members (excludes halogenated alkanes) is 1. The van der Waals surface area contributed by atoms with E-state index in [2.05, 4.69) is 43.4 Å². The first-order chi connectivity index (χ1) is 13.1. The lowest BCUT2D eigenvalue weighted by molar-refractivity contribution is -0.122. The molecule has 3 rings (SSSR count). The first-order valence-corrected chi connectivity index (χ1v) is 10.3. The molecular formula is C24H31NO2. The molecule has 2 aromatic rings. The van der Waals surface area contributed by atoms with Crippen molar-refractivity contribution >= 4 is 11.6 Å². The fourth-order valence-corrected chi connectivity index (χ4v) is 3.89. The van der Waals surface area contributed by atoms with Crippen LogP contribution in [0.5, 0.6) is 5.75 Å². The molecule has 0 aromatic heterocycles. The predicted molar refractivity (Wildman–Crippen MR) is 111 cm³/mol. The molecule has 27 heavy (non-hydrogen) atoms. The van der Waals surface area contributed by atoms with Gasteiger partial charge < -0.3 is 10.1 Å². The number of carbonyl (C=O) groups excluding carboxylic acids is 1. The number of rotatable bonds is 7. The van der Waals surface area contributed by atoms with Gasteiger partial charge in [0.25, 0.3) is 0 Å². The van der Waals surface area contributed by atoms with E-state index in [1.807, 2.05) is 24.3 Å². The van der Waals surface area contributed by atoms with Crippen LogP contribution >= 0.6 is 0 Å². The van der Waals surface area contributed by atoms with Crippen LogP contribution in [-0.2, 0) is 10.2 Å². The third kappa shape index (κ3) is 4.71. The Hall–Kier alpha value is -2.29. The van der Waals surface area contributed by atoms with Crippen molar-refractivity contribution in [2.75, 3.05) is 11.9 Å². The van der Waals surface area contributed by atoms with Crippen molar-refractivity contribution in [3.8, 4) is 5.75 Å². The van der Waals surface area contributed by atoms with Crippen molar-refractivity contribution < 1.29 is 9.53 Å². The lowest BCUT2D eigenvalue weighted by atomic mass is 9.68. The molecule has 2 aromatic carbocycles. The molecule has 0 saturated heterocycles. The highest BCUT2D eigenvalue weighted by Gasteiger charge is 2.41. The van der Waals surface area contributed by atoms with Crippen LogP contribution in [0.25, 0.3) is 0 Å². The van der Waals surface area contributed by atoms with E-state index in [1.54, 1.807) is 0 Å². The van der Waals surface area contributed by atoms with Gasteiger partial charge in [-0.2, -0.15) is 0 Å². The molecule has 144 valence electrons. The number of hydrogen-bond donors (Lipinski definition) is 1. The SMILES string of the molecule is CCCCOc1ccc(NC(=O)C2(c3ccc(C)cc3)CCCCC2)cc1. The van der Waals surface area contributed by atoms with Crippen LogP contribution in [0.3, 0.4) is 0 Å². The van der Waals surface area contributed by atoms with Crippen LogP contribution in [0.15, 0.2) is 48.5 Å². The maximum absolute atomic E-state index is 13.3. The van der Waals surface area contributed by atoms with Crippen LogP contribution in [0, 0.1) is 6.92 Å². The van der Waals surface area contributed by atoms with Crippen molar-refractivity contribution in [2.24, 2.45) is 0 Å². The molecule has 1 fully saturated rings. The Morgan fingerprint density at radius 1 is 1.00 bits per heavy atom. The highest BCUT2D eigenvalue weighted by atomic mass is 16.5. The van der Waals surface area contributed by atoms with E-state index in [4.69, 9.17) is 4.74 Å². The van der Waals surface area contributed by atoms with Crippen LogP contribution in [-0.4, -0.2) is 12.5 Å². The topological polar surface area (TPSA) is 38.3 Å². The molecular weight excluding hydrogens is 334 g/mol. The van der Waals surface area contributed by atoms with Crippen molar-refractivity contribution in [1.82, 2.24) is 0 Å². The molecule has 0 atom stereocenters. The molecule has 0 unspecified atom stereocenters. The summed E-state index contributed by atoms with van der Waals surface area (Å²) in [6.07, 6.45) is 7.43. The number of amides is 1. The van der Waals surface area contributed by atoms with E-state index in [1.165, 1.54) is 12.0 Å². The number of benzene rings is 2. The maximum Gasteiger partial charge on any atom is 0.235 e. The number of aryl methyl sites for hydroxylation is 1. The Labute approximate surface area is 163 Å². The van der Waals surface area contributed by atoms with Gasteiger partial charge in [0.05, 0.1) is 12.0 Å². The summed E-state index contributed by atoms with van der Waals surface area (Å²) in [6.45, 7) is 4.97. The Bertz CT molecular complexity index is 728. The van der Waals surface area contributed by atoms with Gasteiger partial charge in [0.15, 0.2) is 0 Å². The fourth-order valence-electron chi connectivity index (χ4n) is 3.89. The molecule has 1 amide bonds. The fraction of sp³-hybridized carbons (Fsp3) is 0.458. The second-order valence-corrected chi connectivity index (χ2v) is 7.69. The lowest BCUT2D eigenvalue weighted by Gasteiger charge is -2.36. The third-order valence-electron chi connectivity index (χ3n) is 5.62. The third-order valence-corrected chi connectivity index (χ3v) is 5.62. The molecule has 0 bridgehead atoms. The normalized spacial score (nSPS) is 15.9. The van der Waals surface area contributed by atoms with Crippen molar-refractivity contribution in [3.05, 3.63) is 59.7 Å². The molecule has 0 aliphatic heterocycles. The first kappa shape index (κ1) is 19.5. The van der Waals surface area contributed by atoms with Crippen LogP contribution in [0.1, 0.15) is 63.0 Å². The monoisotopic (exact) mass is 365 g/mol. The summed E-state index contributed by atoms with van der Waals surface area (Å²) < 4.78 is 5.71. The Morgan fingerprint density at radius 3 is 2.30 bits per heavy atom. The van der Waals surface area contributed by atoms with E-state index >= 15 is 0 Å². The summed E-state index contributed by atoms with van der Waals surface area (Å²) in [6, 6.07) is 16.2. The van der Waals surface area contributed by atoms with Gasteiger partial charge in [-0.05, 0) is 56.0 Å². The lowest BCUT2D eigenvalue weighted by Crippen LogP contribution is -2.42. The minimum Gasteiger partial charge on any atom is -0.494 e. The summed E-state index contributed by atoms with van der Waals surface area (Å²) in [5.74, 6) is 0.970. The van der Waals surface area contributed by atoms with E-state index in [-0.39, 0.29) is 5.91 Å². The van der Waals surface area contributed by atoms with E-state index < -0.39 is 5.41 Å². The molecule has 1 N–H and O–H groups in total. The second kappa shape index (κ2) is 9.07. The zero-order valence-electron chi connectivity index (χ0n) is 16.6. The second-order valence-electron chi connectivity index (χ2n) is 7.69. The Balaban J connectivity index is 1.74. The van der Waals surface area contributed by atoms with Crippen LogP contribution in [0.4, 0.5) is 5.69 Å². The van der Waals surface area contributed by atoms with Crippen LogP contribution in [0.2, 0.25) is 0 Å². The van der Waals surface area contributed by atoms with Gasteiger partial charge in [-0.25, -0.2) is 0 Å². The number of ether oxygens (including phenoxy) is 1. The summed E-state index contributed by atoms with van der Waals surface area (Å²) in [7, 11) is 0. The minimum atomic E-state index is -0.414. The molecule has 3 heteroatoms. The quantitative estimate of drug-likeness (QED) is 0.610. The smallest absolute Gasteiger partial charge is 0.235 e. The Kier molecular flexibility index (Phi) is 6.54. The number of hydrogen-bond acceptors (Lipinski definition) is 2. The molecule has 1 aliphatic carbocycles. The van der Waals surface area contributed by atoms with Crippen molar-refractivity contribution in [1.29, 1.82) is 0 Å². The Morgan fingerprint density at radius 2 is 1.67 bits per heavy atom. The van der Waals surface area contributed by atoms with E-state index in [0.717, 1.165) is 62.1 Å². The summed E-state index contributed by atoms with van der Waals surface area (Å²) in [5.41, 5.74) is 2.79. The van der Waals surface area contributed by atoms with Gasteiger partial charge in [-0.3, -0.25) is 4.79 Å². The zero-order chi connectivity index (χ0) is 19.1. The number of anilines is 1. The van der Waals surface area contributed by atoms with Crippen molar-refractivity contribution in [3.63, 3.8) is 0 Å². The molecule has 1 saturated carbocycles. The molecule has 0 spiro atoms. The van der Waals surface area contributed by atoms with Gasteiger partial charge in [-0.1, -0.05) is 62.4 Å². The number of nitrogens with one attached hydrogen (secondary N) is 1. The maximum atomic E-state index is 13.3. The molecule has 3 nitrogen and oxygen atoms in total. The first-order valence-electron chi connectivity index (χ1n) is 10.3. The molecule has 0 heterocycles. The average Bonchev–Trinajstić information content (AvgIpc) is 2.70. The van der Waals surface area contributed by atoms with Gasteiger partial charge >= 0.3 is 0 Å². The minimum absolute atomic E-state index is 0.116. The zero-order valence-corrected chi connectivity index (χ0v) is 16.6. The van der Waals surface area contributed by atoms with E-state index in [0.29, 0.717) is 0 Å². The van der Waals surface area contributed by atoms with Gasteiger partial charge in [0.1, 0.15) is 5.75 Å². The molecule has 1 aliphatic rings. The largest absolute Gasteiger partial charge is 0.494 e. The van der Waals surface area contributed by atoms with E-state index in [9.17, 15) is 4.79 Å². The highest BCUT2D eigenvalue weighted by molar-refractivity contribution is 5.99. The predicted octanol–water partition coefficient (Wildman–Crippen LogP) is 6.01.